The van der Waals surface area contributed by atoms with Crippen molar-refractivity contribution in [2.75, 3.05) is 0 Å². The monoisotopic (exact) mass is 338 g/mol. The van der Waals surface area contributed by atoms with E-state index in [0.717, 1.165) is 16.7 Å². The van der Waals surface area contributed by atoms with Gasteiger partial charge in [-0.2, -0.15) is 0 Å². The molecule has 0 spiro atoms. The van der Waals surface area contributed by atoms with E-state index in [1.165, 1.54) is 11.6 Å². The minimum atomic E-state index is -0.410. The van der Waals surface area contributed by atoms with Crippen LogP contribution in [0, 0.1) is 18.8 Å². The predicted octanol–water partition coefficient (Wildman–Crippen LogP) is 5.01. The van der Waals surface area contributed by atoms with Gasteiger partial charge in [0, 0.05) is 17.2 Å². The molecule has 3 rings (SSSR count). The highest BCUT2D eigenvalue weighted by Gasteiger charge is 2.00. The van der Waals surface area contributed by atoms with Gasteiger partial charge in [0.15, 0.2) is 0 Å². The molecule has 0 fully saturated rings. The second-order valence-electron chi connectivity index (χ2n) is 5.81. The summed E-state index contributed by atoms with van der Waals surface area (Å²) >= 11 is 0. The van der Waals surface area contributed by atoms with Gasteiger partial charge < -0.3 is 4.74 Å². The van der Waals surface area contributed by atoms with Crippen LogP contribution in [0.1, 0.15) is 22.3 Å². The molecular weight excluding hydrogens is 320 g/mol. The maximum absolute atomic E-state index is 11.9. The third-order valence-electron chi connectivity index (χ3n) is 3.69. The quantitative estimate of drug-likeness (QED) is 0.290. The van der Waals surface area contributed by atoms with E-state index >= 15 is 0 Å². The standard InChI is InChI=1S/C24H18O2/c1-19-7-9-21(10-8-19)11-12-22-13-16-23(17-14-22)26-24(25)18-15-20-5-3-2-4-6-20/h2-10,13-18H,1H3/b18-15+. The van der Waals surface area contributed by atoms with Crippen LogP contribution in [0.3, 0.4) is 0 Å². The summed E-state index contributed by atoms with van der Waals surface area (Å²) in [6.45, 7) is 2.05. The van der Waals surface area contributed by atoms with Gasteiger partial charge in [-0.05, 0) is 55.0 Å². The third-order valence-corrected chi connectivity index (χ3v) is 3.69. The number of carbonyl (C=O) groups is 1. The van der Waals surface area contributed by atoms with E-state index in [2.05, 4.69) is 11.8 Å². The number of aryl methyl sites for hydroxylation is 1. The number of hydrogen-bond donors (Lipinski definition) is 0. The zero-order valence-corrected chi connectivity index (χ0v) is 14.5. The highest BCUT2D eigenvalue weighted by atomic mass is 16.5. The summed E-state index contributed by atoms with van der Waals surface area (Å²) < 4.78 is 5.29. The molecule has 0 aliphatic rings. The Kier molecular flexibility index (Phi) is 5.65. The first-order chi connectivity index (χ1) is 12.7. The average Bonchev–Trinajstić information content (AvgIpc) is 2.68. The van der Waals surface area contributed by atoms with Crippen molar-refractivity contribution in [1.29, 1.82) is 0 Å². The fraction of sp³-hybridized carbons (Fsp3) is 0.0417. The molecule has 0 atom stereocenters. The molecule has 0 bridgehead atoms. The molecule has 2 heteroatoms. The van der Waals surface area contributed by atoms with Crippen LogP contribution in [0.5, 0.6) is 5.75 Å². The minimum Gasteiger partial charge on any atom is -0.423 e. The van der Waals surface area contributed by atoms with Crippen molar-refractivity contribution in [3.8, 4) is 17.6 Å². The number of ether oxygens (including phenoxy) is 1. The number of esters is 1. The largest absolute Gasteiger partial charge is 0.423 e. The van der Waals surface area contributed by atoms with E-state index < -0.39 is 5.97 Å². The number of rotatable bonds is 3. The molecule has 26 heavy (non-hydrogen) atoms. The molecule has 0 saturated carbocycles. The van der Waals surface area contributed by atoms with Crippen molar-refractivity contribution in [2.45, 2.75) is 6.92 Å². The fourth-order valence-electron chi connectivity index (χ4n) is 2.27. The lowest BCUT2D eigenvalue weighted by Gasteiger charge is -2.01. The highest BCUT2D eigenvalue weighted by Crippen LogP contribution is 2.13. The summed E-state index contributed by atoms with van der Waals surface area (Å²) in [7, 11) is 0. The molecule has 126 valence electrons. The van der Waals surface area contributed by atoms with Crippen LogP contribution in [0.15, 0.2) is 84.9 Å². The molecule has 0 aliphatic heterocycles. The van der Waals surface area contributed by atoms with Crippen molar-refractivity contribution in [1.82, 2.24) is 0 Å². The lowest BCUT2D eigenvalue weighted by molar-refractivity contribution is -0.128. The summed E-state index contributed by atoms with van der Waals surface area (Å²) in [5.41, 5.74) is 4.00. The second kappa shape index (κ2) is 8.50. The van der Waals surface area contributed by atoms with Gasteiger partial charge in [0.05, 0.1) is 0 Å². The number of carbonyl (C=O) groups excluding carboxylic acids is 1. The molecule has 2 nitrogen and oxygen atoms in total. The van der Waals surface area contributed by atoms with E-state index in [-0.39, 0.29) is 0 Å². The van der Waals surface area contributed by atoms with Crippen molar-refractivity contribution < 1.29 is 9.53 Å². The van der Waals surface area contributed by atoms with E-state index in [0.29, 0.717) is 5.75 Å². The fourth-order valence-corrected chi connectivity index (χ4v) is 2.27. The summed E-state index contributed by atoms with van der Waals surface area (Å²) in [5.74, 6) is 6.31. The lowest BCUT2D eigenvalue weighted by atomic mass is 10.1. The normalized spacial score (nSPS) is 10.2. The maximum Gasteiger partial charge on any atom is 0.336 e. The first kappa shape index (κ1) is 17.3. The molecule has 0 amide bonds. The number of benzene rings is 3. The van der Waals surface area contributed by atoms with Crippen LogP contribution in [0.25, 0.3) is 6.08 Å². The Bertz CT molecular complexity index is 955. The Hall–Kier alpha value is -3.57. The SMILES string of the molecule is Cc1ccc(C#Cc2ccc(OC(=O)/C=C/c3ccccc3)cc2)cc1. The van der Waals surface area contributed by atoms with Gasteiger partial charge in [-0.3, -0.25) is 0 Å². The second-order valence-corrected chi connectivity index (χ2v) is 5.81. The first-order valence-electron chi connectivity index (χ1n) is 8.33. The molecule has 3 aromatic rings. The van der Waals surface area contributed by atoms with Crippen LogP contribution in [0.2, 0.25) is 0 Å². The van der Waals surface area contributed by atoms with Gasteiger partial charge in [-0.1, -0.05) is 59.9 Å². The first-order valence-corrected chi connectivity index (χ1v) is 8.33. The molecular formula is C24H18O2. The topological polar surface area (TPSA) is 26.3 Å². The van der Waals surface area contributed by atoms with E-state index in [1.807, 2.05) is 73.7 Å². The lowest BCUT2D eigenvalue weighted by Crippen LogP contribution is -2.03. The molecule has 0 radical (unpaired) electrons. The smallest absolute Gasteiger partial charge is 0.336 e. The molecule has 0 N–H and O–H groups in total. The summed E-state index contributed by atoms with van der Waals surface area (Å²) in [4.78, 5) is 11.9. The predicted molar refractivity (Wildman–Crippen MR) is 105 cm³/mol. The van der Waals surface area contributed by atoms with Gasteiger partial charge in [0.1, 0.15) is 5.75 Å². The Morgan fingerprint density at radius 3 is 2.00 bits per heavy atom. The van der Waals surface area contributed by atoms with Gasteiger partial charge >= 0.3 is 5.97 Å². The third kappa shape index (κ3) is 5.22. The average molecular weight is 338 g/mol. The molecule has 0 saturated heterocycles. The van der Waals surface area contributed by atoms with Crippen LogP contribution < -0.4 is 4.74 Å². The minimum absolute atomic E-state index is 0.410. The number of hydrogen-bond acceptors (Lipinski definition) is 2. The Morgan fingerprint density at radius 1 is 0.808 bits per heavy atom. The van der Waals surface area contributed by atoms with Crippen molar-refractivity contribution in [3.63, 3.8) is 0 Å². The van der Waals surface area contributed by atoms with Gasteiger partial charge in [-0.25, -0.2) is 4.79 Å². The summed E-state index contributed by atoms with van der Waals surface area (Å²) in [6.07, 6.45) is 3.14. The molecule has 0 aliphatic carbocycles. The van der Waals surface area contributed by atoms with E-state index in [1.54, 1.807) is 18.2 Å². The molecule has 3 aromatic carbocycles. The van der Waals surface area contributed by atoms with Gasteiger partial charge in [-0.15, -0.1) is 0 Å². The maximum atomic E-state index is 11.9. The van der Waals surface area contributed by atoms with E-state index in [4.69, 9.17) is 4.74 Å². The summed E-state index contributed by atoms with van der Waals surface area (Å²) in [5, 5.41) is 0. The van der Waals surface area contributed by atoms with Crippen molar-refractivity contribution >= 4 is 12.0 Å². The molecule has 0 heterocycles. The zero-order valence-electron chi connectivity index (χ0n) is 14.5. The Labute approximate surface area is 153 Å². The Balaban J connectivity index is 1.60. The van der Waals surface area contributed by atoms with Crippen LogP contribution in [-0.4, -0.2) is 5.97 Å². The highest BCUT2D eigenvalue weighted by molar-refractivity contribution is 5.88. The zero-order chi connectivity index (χ0) is 18.2. The Morgan fingerprint density at radius 2 is 1.38 bits per heavy atom. The van der Waals surface area contributed by atoms with Crippen LogP contribution in [0.4, 0.5) is 0 Å². The molecule has 0 unspecified atom stereocenters. The van der Waals surface area contributed by atoms with Crippen LogP contribution >= 0.6 is 0 Å². The van der Waals surface area contributed by atoms with Crippen molar-refractivity contribution in [3.05, 3.63) is 107 Å². The van der Waals surface area contributed by atoms with Crippen LogP contribution in [-0.2, 0) is 4.79 Å². The van der Waals surface area contributed by atoms with Gasteiger partial charge in [0.2, 0.25) is 0 Å². The molecule has 0 aromatic heterocycles. The van der Waals surface area contributed by atoms with Gasteiger partial charge in [0.25, 0.3) is 0 Å². The summed E-state index contributed by atoms with van der Waals surface area (Å²) in [6, 6.07) is 24.8. The van der Waals surface area contributed by atoms with Crippen molar-refractivity contribution in [2.24, 2.45) is 0 Å². The van der Waals surface area contributed by atoms with E-state index in [9.17, 15) is 4.79 Å².